The molecular formula is C12H9NO4. The van der Waals surface area contributed by atoms with Gasteiger partial charge in [-0.2, -0.15) is 5.26 Å². The van der Waals surface area contributed by atoms with Crippen LogP contribution in [0.15, 0.2) is 29.8 Å². The van der Waals surface area contributed by atoms with E-state index in [2.05, 4.69) is 0 Å². The Hall–Kier alpha value is -2.61. The van der Waals surface area contributed by atoms with Gasteiger partial charge in [0.1, 0.15) is 17.4 Å². The molecule has 5 nitrogen and oxygen atoms in total. The van der Waals surface area contributed by atoms with Crippen molar-refractivity contribution in [2.75, 3.05) is 0 Å². The van der Waals surface area contributed by atoms with Crippen molar-refractivity contribution in [3.05, 3.63) is 35.4 Å². The number of rotatable bonds is 3. The number of carboxylic acid groups (broad SMARTS) is 1. The molecule has 0 aliphatic rings. The minimum atomic E-state index is -1.28. The SMILES string of the molecule is CC(=O)Oc1ccc(C=C(C#N)C(=O)O)cc1. The molecule has 0 saturated heterocycles. The second-order valence-corrected chi connectivity index (χ2v) is 3.14. The Bertz CT molecular complexity index is 508. The lowest BCUT2D eigenvalue weighted by molar-refractivity contribution is -0.132. The highest BCUT2D eigenvalue weighted by Crippen LogP contribution is 2.14. The molecule has 0 aromatic heterocycles. The molecule has 0 aliphatic carbocycles. The number of nitrogens with zero attached hydrogens (tertiary/aromatic N) is 1. The maximum absolute atomic E-state index is 10.7. The van der Waals surface area contributed by atoms with Crippen LogP contribution in [0.5, 0.6) is 5.75 Å². The Kier molecular flexibility index (Phi) is 4.01. The van der Waals surface area contributed by atoms with Crippen molar-refractivity contribution in [3.8, 4) is 11.8 Å². The van der Waals surface area contributed by atoms with Crippen LogP contribution in [-0.2, 0) is 9.59 Å². The second-order valence-electron chi connectivity index (χ2n) is 3.14. The molecule has 0 bridgehead atoms. The summed E-state index contributed by atoms with van der Waals surface area (Å²) in [7, 11) is 0. The molecule has 5 heteroatoms. The van der Waals surface area contributed by atoms with E-state index in [-0.39, 0.29) is 5.57 Å². The predicted molar refractivity (Wildman–Crippen MR) is 59.0 cm³/mol. The van der Waals surface area contributed by atoms with Gasteiger partial charge in [0.25, 0.3) is 0 Å². The van der Waals surface area contributed by atoms with Crippen LogP contribution < -0.4 is 4.74 Å². The van der Waals surface area contributed by atoms with Crippen molar-refractivity contribution in [2.24, 2.45) is 0 Å². The van der Waals surface area contributed by atoms with Gasteiger partial charge >= 0.3 is 11.9 Å². The van der Waals surface area contributed by atoms with E-state index in [0.29, 0.717) is 11.3 Å². The molecule has 0 aliphatic heterocycles. The molecule has 0 amide bonds. The number of hydrogen-bond acceptors (Lipinski definition) is 4. The fourth-order valence-corrected chi connectivity index (χ4v) is 1.11. The Labute approximate surface area is 97.6 Å². The standard InChI is InChI=1S/C12H9NO4/c1-8(14)17-11-4-2-9(3-5-11)6-10(7-13)12(15)16/h2-6H,1H3,(H,15,16). The number of ether oxygens (including phenoxy) is 1. The largest absolute Gasteiger partial charge is 0.477 e. The number of carboxylic acids is 1. The van der Waals surface area contributed by atoms with Gasteiger partial charge in [0.05, 0.1) is 0 Å². The number of benzene rings is 1. The summed E-state index contributed by atoms with van der Waals surface area (Å²) in [6, 6.07) is 7.72. The third kappa shape index (κ3) is 3.80. The highest BCUT2D eigenvalue weighted by molar-refractivity contribution is 5.96. The Morgan fingerprint density at radius 3 is 2.35 bits per heavy atom. The lowest BCUT2D eigenvalue weighted by atomic mass is 10.1. The Morgan fingerprint density at radius 1 is 1.35 bits per heavy atom. The predicted octanol–water partition coefficient (Wildman–Crippen LogP) is 1.60. The molecule has 1 aromatic carbocycles. The molecule has 0 atom stereocenters. The third-order valence-corrected chi connectivity index (χ3v) is 1.80. The van der Waals surface area contributed by atoms with Gasteiger partial charge in [-0.15, -0.1) is 0 Å². The van der Waals surface area contributed by atoms with Crippen LogP contribution in [0, 0.1) is 11.3 Å². The lowest BCUT2D eigenvalue weighted by Gasteiger charge is -2.00. The van der Waals surface area contributed by atoms with Gasteiger partial charge < -0.3 is 9.84 Å². The van der Waals surface area contributed by atoms with Gasteiger partial charge in [-0.25, -0.2) is 4.79 Å². The summed E-state index contributed by atoms with van der Waals surface area (Å²) < 4.78 is 4.81. The highest BCUT2D eigenvalue weighted by atomic mass is 16.5. The quantitative estimate of drug-likeness (QED) is 0.369. The first-order valence-electron chi connectivity index (χ1n) is 4.66. The fourth-order valence-electron chi connectivity index (χ4n) is 1.11. The summed E-state index contributed by atoms with van der Waals surface area (Å²) >= 11 is 0. The summed E-state index contributed by atoms with van der Waals surface area (Å²) in [5, 5.41) is 17.2. The van der Waals surface area contributed by atoms with E-state index in [4.69, 9.17) is 15.1 Å². The van der Waals surface area contributed by atoms with Gasteiger partial charge in [-0.1, -0.05) is 12.1 Å². The zero-order valence-corrected chi connectivity index (χ0v) is 9.01. The van der Waals surface area contributed by atoms with Gasteiger partial charge in [0.2, 0.25) is 0 Å². The first-order chi connectivity index (χ1) is 8.02. The lowest BCUT2D eigenvalue weighted by Crippen LogP contribution is -2.01. The van der Waals surface area contributed by atoms with E-state index >= 15 is 0 Å². The number of carbonyl (C=O) groups is 2. The van der Waals surface area contributed by atoms with Crippen LogP contribution in [0.4, 0.5) is 0 Å². The number of nitriles is 1. The molecule has 1 N–H and O–H groups in total. The molecule has 86 valence electrons. The fraction of sp³-hybridized carbons (Fsp3) is 0.0833. The zero-order chi connectivity index (χ0) is 12.8. The third-order valence-electron chi connectivity index (χ3n) is 1.80. The van der Waals surface area contributed by atoms with Crippen molar-refractivity contribution in [1.29, 1.82) is 5.26 Å². The molecule has 0 spiro atoms. The van der Waals surface area contributed by atoms with Crippen molar-refractivity contribution in [2.45, 2.75) is 6.92 Å². The maximum atomic E-state index is 10.7. The van der Waals surface area contributed by atoms with Gasteiger partial charge in [0, 0.05) is 6.92 Å². The van der Waals surface area contributed by atoms with E-state index in [1.165, 1.54) is 25.1 Å². The van der Waals surface area contributed by atoms with Crippen LogP contribution in [0.1, 0.15) is 12.5 Å². The summed E-state index contributed by atoms with van der Waals surface area (Å²) in [5.41, 5.74) is 0.185. The molecule has 1 aromatic rings. The molecule has 0 heterocycles. The monoisotopic (exact) mass is 231 g/mol. The summed E-state index contributed by atoms with van der Waals surface area (Å²) in [6.45, 7) is 1.28. The number of carbonyl (C=O) groups excluding carboxylic acids is 1. The second kappa shape index (κ2) is 5.47. The van der Waals surface area contributed by atoms with Crippen LogP contribution in [0.25, 0.3) is 6.08 Å². The molecule has 0 saturated carbocycles. The smallest absolute Gasteiger partial charge is 0.346 e. The van der Waals surface area contributed by atoms with E-state index in [1.807, 2.05) is 0 Å². The summed E-state index contributed by atoms with van der Waals surface area (Å²) in [4.78, 5) is 21.2. The van der Waals surface area contributed by atoms with Crippen molar-refractivity contribution >= 4 is 18.0 Å². The first kappa shape index (κ1) is 12.5. The minimum absolute atomic E-state index is 0.356. The van der Waals surface area contributed by atoms with Crippen LogP contribution in [0.2, 0.25) is 0 Å². The van der Waals surface area contributed by atoms with Crippen LogP contribution in [0.3, 0.4) is 0 Å². The summed E-state index contributed by atoms with van der Waals surface area (Å²) in [6.07, 6.45) is 1.24. The number of hydrogen-bond donors (Lipinski definition) is 1. The van der Waals surface area contributed by atoms with Crippen molar-refractivity contribution in [1.82, 2.24) is 0 Å². The Balaban J connectivity index is 2.92. The average Bonchev–Trinajstić information content (AvgIpc) is 2.26. The molecule has 1 rings (SSSR count). The minimum Gasteiger partial charge on any atom is -0.477 e. The van der Waals surface area contributed by atoms with Gasteiger partial charge in [-0.3, -0.25) is 4.79 Å². The van der Waals surface area contributed by atoms with E-state index < -0.39 is 11.9 Å². The van der Waals surface area contributed by atoms with E-state index in [1.54, 1.807) is 18.2 Å². The topological polar surface area (TPSA) is 87.4 Å². The van der Waals surface area contributed by atoms with Crippen molar-refractivity contribution < 1.29 is 19.4 Å². The van der Waals surface area contributed by atoms with E-state index in [0.717, 1.165) is 0 Å². The molecular weight excluding hydrogens is 222 g/mol. The highest BCUT2D eigenvalue weighted by Gasteiger charge is 2.05. The van der Waals surface area contributed by atoms with Gasteiger partial charge in [-0.05, 0) is 23.8 Å². The normalized spacial score (nSPS) is 10.5. The maximum Gasteiger partial charge on any atom is 0.346 e. The molecule has 17 heavy (non-hydrogen) atoms. The van der Waals surface area contributed by atoms with E-state index in [9.17, 15) is 9.59 Å². The number of esters is 1. The van der Waals surface area contributed by atoms with Crippen LogP contribution >= 0.6 is 0 Å². The number of aliphatic carboxylic acids is 1. The van der Waals surface area contributed by atoms with Gasteiger partial charge in [0.15, 0.2) is 0 Å². The average molecular weight is 231 g/mol. The first-order valence-corrected chi connectivity index (χ1v) is 4.66. The molecule has 0 fully saturated rings. The Morgan fingerprint density at radius 2 is 1.94 bits per heavy atom. The zero-order valence-electron chi connectivity index (χ0n) is 9.01. The molecule has 0 unspecified atom stereocenters. The summed E-state index contributed by atoms with van der Waals surface area (Å²) in [5.74, 6) is -1.35. The van der Waals surface area contributed by atoms with Crippen molar-refractivity contribution in [3.63, 3.8) is 0 Å². The van der Waals surface area contributed by atoms with Crippen LogP contribution in [-0.4, -0.2) is 17.0 Å². The molecule has 0 radical (unpaired) electrons.